The smallest absolute Gasteiger partial charge is 0.166 e. The van der Waals surface area contributed by atoms with E-state index in [1.54, 1.807) is 12.5 Å². The van der Waals surface area contributed by atoms with Crippen LogP contribution in [-0.2, 0) is 7.05 Å². The molecule has 0 saturated carbocycles. The Morgan fingerprint density at radius 2 is 1.94 bits per heavy atom. The van der Waals surface area contributed by atoms with Crippen LogP contribution in [-0.4, -0.2) is 24.5 Å². The maximum atomic E-state index is 4.32. The average molecular weight is 225 g/mol. The molecule has 3 rings (SSSR count). The van der Waals surface area contributed by atoms with E-state index >= 15 is 0 Å². The predicted octanol–water partition coefficient (Wildman–Crippen LogP) is 1.67. The second-order valence-electron chi connectivity index (χ2n) is 3.77. The molecule has 17 heavy (non-hydrogen) atoms. The molecule has 0 aliphatic rings. The highest BCUT2D eigenvalue weighted by molar-refractivity contribution is 5.53. The van der Waals surface area contributed by atoms with E-state index in [1.807, 2.05) is 52.8 Å². The van der Waals surface area contributed by atoms with Crippen molar-refractivity contribution in [1.82, 2.24) is 24.5 Å². The summed E-state index contributed by atoms with van der Waals surface area (Å²) in [5, 5.41) is 12.2. The Labute approximate surface area is 98.3 Å². The van der Waals surface area contributed by atoms with Crippen molar-refractivity contribution < 1.29 is 0 Å². The van der Waals surface area contributed by atoms with E-state index in [9.17, 15) is 0 Å². The van der Waals surface area contributed by atoms with Crippen LogP contribution in [0.15, 0.2) is 49.1 Å². The molecule has 0 aliphatic carbocycles. The second-order valence-corrected chi connectivity index (χ2v) is 3.77. The van der Waals surface area contributed by atoms with Gasteiger partial charge in [0.05, 0.1) is 17.4 Å². The third kappa shape index (κ3) is 1.71. The van der Waals surface area contributed by atoms with Gasteiger partial charge in [-0.05, 0) is 12.1 Å². The minimum Gasteiger partial charge on any atom is -0.317 e. The molecular formula is C12H11N5. The van der Waals surface area contributed by atoms with Gasteiger partial charge in [-0.3, -0.25) is 0 Å². The number of nitrogens with zero attached hydrogens (tertiary/aromatic N) is 5. The maximum Gasteiger partial charge on any atom is 0.166 e. The Morgan fingerprint density at radius 3 is 2.65 bits per heavy atom. The molecule has 0 N–H and O–H groups in total. The summed E-state index contributed by atoms with van der Waals surface area (Å²) in [4.78, 5) is 0. The molecule has 0 unspecified atom stereocenters. The lowest BCUT2D eigenvalue weighted by atomic mass is 10.3. The van der Waals surface area contributed by atoms with Gasteiger partial charge in [-0.2, -0.15) is 5.10 Å². The first-order chi connectivity index (χ1) is 8.34. The summed E-state index contributed by atoms with van der Waals surface area (Å²) >= 11 is 0. The Bertz CT molecular complexity index is 623. The van der Waals surface area contributed by atoms with Gasteiger partial charge in [-0.1, -0.05) is 18.2 Å². The zero-order chi connectivity index (χ0) is 11.7. The molecule has 5 heteroatoms. The number of hydrogen-bond donors (Lipinski definition) is 0. The number of aryl methyl sites for hydroxylation is 1. The maximum absolute atomic E-state index is 4.32. The number of benzene rings is 1. The van der Waals surface area contributed by atoms with E-state index in [0.717, 1.165) is 17.1 Å². The van der Waals surface area contributed by atoms with Gasteiger partial charge in [-0.15, -0.1) is 10.2 Å². The Balaban J connectivity index is 2.02. The molecule has 5 nitrogen and oxygen atoms in total. The molecule has 1 aromatic carbocycles. The van der Waals surface area contributed by atoms with Gasteiger partial charge >= 0.3 is 0 Å². The summed E-state index contributed by atoms with van der Waals surface area (Å²) in [5.74, 6) is 0.812. The summed E-state index contributed by atoms with van der Waals surface area (Å²) in [6, 6.07) is 9.97. The molecule has 3 aromatic rings. The Kier molecular flexibility index (Phi) is 2.22. The van der Waals surface area contributed by atoms with Crippen molar-refractivity contribution in [2.75, 3.05) is 0 Å². The van der Waals surface area contributed by atoms with Gasteiger partial charge in [-0.25, -0.2) is 4.68 Å². The fraction of sp³-hybridized carbons (Fsp3) is 0.0833. The van der Waals surface area contributed by atoms with E-state index in [1.165, 1.54) is 0 Å². The third-order valence-electron chi connectivity index (χ3n) is 2.57. The molecule has 2 heterocycles. The number of para-hydroxylation sites is 1. The highest BCUT2D eigenvalue weighted by Gasteiger charge is 2.07. The minimum absolute atomic E-state index is 0.812. The highest BCUT2D eigenvalue weighted by atomic mass is 15.3. The molecular weight excluding hydrogens is 214 g/mol. The summed E-state index contributed by atoms with van der Waals surface area (Å²) in [7, 11) is 1.91. The van der Waals surface area contributed by atoms with Crippen LogP contribution in [0.3, 0.4) is 0 Å². The van der Waals surface area contributed by atoms with Crippen molar-refractivity contribution in [3.8, 4) is 17.1 Å². The summed E-state index contributed by atoms with van der Waals surface area (Å²) < 4.78 is 3.69. The fourth-order valence-corrected chi connectivity index (χ4v) is 1.70. The largest absolute Gasteiger partial charge is 0.317 e. The van der Waals surface area contributed by atoms with Crippen LogP contribution in [0.4, 0.5) is 0 Å². The number of aromatic nitrogens is 5. The normalized spacial score (nSPS) is 10.6. The number of hydrogen-bond acceptors (Lipinski definition) is 3. The first kappa shape index (κ1) is 9.77. The average Bonchev–Trinajstić information content (AvgIpc) is 2.98. The number of rotatable bonds is 2. The van der Waals surface area contributed by atoms with Crippen molar-refractivity contribution in [2.24, 2.45) is 7.05 Å². The van der Waals surface area contributed by atoms with Gasteiger partial charge in [0, 0.05) is 13.2 Å². The zero-order valence-electron chi connectivity index (χ0n) is 9.35. The van der Waals surface area contributed by atoms with Crippen LogP contribution in [0.5, 0.6) is 0 Å². The fourth-order valence-electron chi connectivity index (χ4n) is 1.70. The first-order valence-electron chi connectivity index (χ1n) is 5.29. The van der Waals surface area contributed by atoms with Gasteiger partial charge in [0.2, 0.25) is 0 Å². The Morgan fingerprint density at radius 1 is 1.12 bits per heavy atom. The molecule has 2 aromatic heterocycles. The summed E-state index contributed by atoms with van der Waals surface area (Å²) in [6.45, 7) is 0. The highest BCUT2D eigenvalue weighted by Crippen LogP contribution is 2.16. The van der Waals surface area contributed by atoms with Crippen molar-refractivity contribution >= 4 is 0 Å². The van der Waals surface area contributed by atoms with E-state index < -0.39 is 0 Å². The molecule has 0 saturated heterocycles. The van der Waals surface area contributed by atoms with Crippen LogP contribution in [0, 0.1) is 0 Å². The van der Waals surface area contributed by atoms with Gasteiger partial charge < -0.3 is 4.57 Å². The summed E-state index contributed by atoms with van der Waals surface area (Å²) in [6.07, 6.45) is 5.41. The van der Waals surface area contributed by atoms with Crippen LogP contribution >= 0.6 is 0 Å². The minimum atomic E-state index is 0.812. The van der Waals surface area contributed by atoms with E-state index in [4.69, 9.17) is 0 Å². The molecule has 0 bridgehead atoms. The van der Waals surface area contributed by atoms with E-state index in [0.29, 0.717) is 0 Å². The molecule has 0 aliphatic heterocycles. The third-order valence-corrected chi connectivity index (χ3v) is 2.57. The van der Waals surface area contributed by atoms with Crippen LogP contribution < -0.4 is 0 Å². The predicted molar refractivity (Wildman–Crippen MR) is 63.6 cm³/mol. The molecule has 0 fully saturated rings. The van der Waals surface area contributed by atoms with Crippen molar-refractivity contribution in [1.29, 1.82) is 0 Å². The molecule has 0 amide bonds. The van der Waals surface area contributed by atoms with Crippen molar-refractivity contribution in [3.05, 3.63) is 49.1 Å². The molecule has 0 spiro atoms. The molecule has 0 atom stereocenters. The van der Waals surface area contributed by atoms with Crippen molar-refractivity contribution in [2.45, 2.75) is 0 Å². The zero-order valence-corrected chi connectivity index (χ0v) is 9.35. The summed E-state index contributed by atoms with van der Waals surface area (Å²) in [5.41, 5.74) is 1.98. The lowest BCUT2D eigenvalue weighted by Gasteiger charge is -1.99. The van der Waals surface area contributed by atoms with Gasteiger partial charge in [0.1, 0.15) is 6.33 Å². The van der Waals surface area contributed by atoms with Crippen molar-refractivity contribution in [3.63, 3.8) is 0 Å². The standard InChI is InChI=1S/C12H11N5/c1-16-9-13-15-12(16)10-7-14-17(8-10)11-5-3-2-4-6-11/h2-9H,1H3. The van der Waals surface area contributed by atoms with Crippen LogP contribution in [0.25, 0.3) is 17.1 Å². The van der Waals surface area contributed by atoms with Gasteiger partial charge in [0.15, 0.2) is 5.82 Å². The van der Waals surface area contributed by atoms with E-state index in [-0.39, 0.29) is 0 Å². The van der Waals surface area contributed by atoms with Crippen LogP contribution in [0.1, 0.15) is 0 Å². The van der Waals surface area contributed by atoms with Crippen LogP contribution in [0.2, 0.25) is 0 Å². The molecule has 0 radical (unpaired) electrons. The first-order valence-corrected chi connectivity index (χ1v) is 5.29. The lowest BCUT2D eigenvalue weighted by Crippen LogP contribution is -1.93. The SMILES string of the molecule is Cn1cnnc1-c1cnn(-c2ccccc2)c1. The molecule has 84 valence electrons. The topological polar surface area (TPSA) is 48.5 Å². The lowest BCUT2D eigenvalue weighted by molar-refractivity contribution is 0.880. The monoisotopic (exact) mass is 225 g/mol. The van der Waals surface area contributed by atoms with Gasteiger partial charge in [0.25, 0.3) is 0 Å². The van der Waals surface area contributed by atoms with E-state index in [2.05, 4.69) is 15.3 Å². The quantitative estimate of drug-likeness (QED) is 0.666. The Hall–Kier alpha value is -2.43. The second kappa shape index (κ2) is 3.86.